The number of hydrogen-bond acceptors (Lipinski definition) is 3. The average molecular weight is 401 g/mol. The van der Waals surface area contributed by atoms with Gasteiger partial charge in [-0.2, -0.15) is 0 Å². The maximum Gasteiger partial charge on any atom is 0.261 e. The van der Waals surface area contributed by atoms with Crippen molar-refractivity contribution in [1.29, 1.82) is 0 Å². The van der Waals surface area contributed by atoms with Crippen LogP contribution in [0.3, 0.4) is 0 Å². The van der Waals surface area contributed by atoms with E-state index in [1.807, 2.05) is 0 Å². The molecule has 2 aromatic rings. The first-order valence-electron chi connectivity index (χ1n) is 7.38. The lowest BCUT2D eigenvalue weighted by atomic mass is 9.95. The quantitative estimate of drug-likeness (QED) is 0.774. The van der Waals surface area contributed by atoms with Crippen LogP contribution in [0.2, 0.25) is 10.0 Å². The molecule has 0 heterocycles. The van der Waals surface area contributed by atoms with E-state index in [1.165, 1.54) is 18.2 Å². The first-order chi connectivity index (χ1) is 11.5. The van der Waals surface area contributed by atoms with Crippen LogP contribution >= 0.6 is 23.2 Å². The van der Waals surface area contributed by atoms with Crippen LogP contribution < -0.4 is 10.0 Å². The van der Waals surface area contributed by atoms with Gasteiger partial charge in [0.15, 0.2) is 0 Å². The van der Waals surface area contributed by atoms with E-state index in [0.717, 1.165) is 0 Å². The van der Waals surface area contributed by atoms with Crippen molar-refractivity contribution < 1.29 is 13.2 Å². The highest BCUT2D eigenvalue weighted by Crippen LogP contribution is 2.27. The molecule has 2 rings (SSSR count). The fraction of sp³-hybridized carbons (Fsp3) is 0.235. The summed E-state index contributed by atoms with van der Waals surface area (Å²) in [5.74, 6) is -0.169. The summed E-state index contributed by atoms with van der Waals surface area (Å²) in [7, 11) is -3.83. The van der Waals surface area contributed by atoms with Crippen LogP contribution in [0.1, 0.15) is 20.8 Å². The van der Waals surface area contributed by atoms with Crippen molar-refractivity contribution in [3.63, 3.8) is 0 Å². The lowest BCUT2D eigenvalue weighted by molar-refractivity contribution is -0.123. The van der Waals surface area contributed by atoms with E-state index in [1.54, 1.807) is 45.0 Å². The standard InChI is InChI=1S/C17H18Cl2N2O3S/c1-17(2,3)16(22)20-11-5-4-6-12(9-11)21-25(23,24)13-7-8-14(18)15(19)10-13/h4-10,21H,1-3H3,(H,20,22). The maximum absolute atomic E-state index is 12.5. The van der Waals surface area contributed by atoms with E-state index in [2.05, 4.69) is 10.0 Å². The van der Waals surface area contributed by atoms with Gasteiger partial charge in [0.05, 0.1) is 20.6 Å². The van der Waals surface area contributed by atoms with E-state index in [0.29, 0.717) is 11.4 Å². The largest absolute Gasteiger partial charge is 0.326 e. The molecule has 8 heteroatoms. The number of hydrogen-bond donors (Lipinski definition) is 2. The average Bonchev–Trinajstić information content (AvgIpc) is 2.48. The smallest absolute Gasteiger partial charge is 0.261 e. The van der Waals surface area contributed by atoms with E-state index in [9.17, 15) is 13.2 Å². The second-order valence-electron chi connectivity index (χ2n) is 6.47. The normalized spacial score (nSPS) is 11.9. The highest BCUT2D eigenvalue weighted by Gasteiger charge is 2.21. The summed E-state index contributed by atoms with van der Waals surface area (Å²) in [6.07, 6.45) is 0. The predicted molar refractivity (Wildman–Crippen MR) is 102 cm³/mol. The summed E-state index contributed by atoms with van der Waals surface area (Å²) < 4.78 is 27.4. The lowest BCUT2D eigenvalue weighted by Crippen LogP contribution is -2.27. The van der Waals surface area contributed by atoms with Gasteiger partial charge in [-0.25, -0.2) is 8.42 Å². The fourth-order valence-corrected chi connectivity index (χ4v) is 3.28. The van der Waals surface area contributed by atoms with Crippen LogP contribution in [-0.4, -0.2) is 14.3 Å². The number of carbonyl (C=O) groups excluding carboxylic acids is 1. The number of carbonyl (C=O) groups is 1. The van der Waals surface area contributed by atoms with Crippen molar-refractivity contribution >= 4 is 50.5 Å². The molecule has 0 aromatic heterocycles. The molecule has 2 N–H and O–H groups in total. The molecule has 0 unspecified atom stereocenters. The van der Waals surface area contributed by atoms with Crippen LogP contribution in [0, 0.1) is 5.41 Å². The Morgan fingerprint density at radius 3 is 2.20 bits per heavy atom. The molecule has 2 aromatic carbocycles. The second kappa shape index (κ2) is 7.23. The zero-order valence-electron chi connectivity index (χ0n) is 13.9. The van der Waals surface area contributed by atoms with Crippen molar-refractivity contribution in [1.82, 2.24) is 0 Å². The number of amides is 1. The van der Waals surface area contributed by atoms with Crippen molar-refractivity contribution in [2.45, 2.75) is 25.7 Å². The van der Waals surface area contributed by atoms with Crippen molar-refractivity contribution in [2.24, 2.45) is 5.41 Å². The molecule has 0 aliphatic carbocycles. The third-order valence-corrected chi connectivity index (χ3v) is 5.37. The number of nitrogens with one attached hydrogen (secondary N) is 2. The molecule has 0 fully saturated rings. The molecule has 0 spiro atoms. The fourth-order valence-electron chi connectivity index (χ4n) is 1.84. The Labute approximate surface area is 157 Å². The van der Waals surface area contributed by atoms with Crippen LogP contribution in [0.5, 0.6) is 0 Å². The first-order valence-corrected chi connectivity index (χ1v) is 9.62. The lowest BCUT2D eigenvalue weighted by Gasteiger charge is -2.18. The molecule has 134 valence electrons. The van der Waals surface area contributed by atoms with E-state index < -0.39 is 15.4 Å². The van der Waals surface area contributed by atoms with Crippen LogP contribution in [0.25, 0.3) is 0 Å². The molecule has 0 bridgehead atoms. The van der Waals surface area contributed by atoms with Crippen LogP contribution in [-0.2, 0) is 14.8 Å². The molecule has 0 saturated carbocycles. The first kappa shape index (κ1) is 19.6. The minimum atomic E-state index is -3.83. The monoisotopic (exact) mass is 400 g/mol. The number of sulfonamides is 1. The molecule has 25 heavy (non-hydrogen) atoms. The Balaban J connectivity index is 2.23. The molecule has 1 amide bonds. The van der Waals surface area contributed by atoms with Gasteiger partial charge in [-0.3, -0.25) is 9.52 Å². The Morgan fingerprint density at radius 1 is 0.960 bits per heavy atom. The highest BCUT2D eigenvalue weighted by molar-refractivity contribution is 7.92. The van der Waals surface area contributed by atoms with Gasteiger partial charge < -0.3 is 5.32 Å². The van der Waals surface area contributed by atoms with Crippen molar-refractivity contribution in [3.8, 4) is 0 Å². The van der Waals surface area contributed by atoms with E-state index in [-0.39, 0.29) is 20.8 Å². The predicted octanol–water partition coefficient (Wildman–Crippen LogP) is 4.78. The third kappa shape index (κ3) is 5.11. The summed E-state index contributed by atoms with van der Waals surface area (Å²) in [5.41, 5.74) is 0.252. The van der Waals surface area contributed by atoms with Gasteiger partial charge in [-0.1, -0.05) is 50.0 Å². The highest BCUT2D eigenvalue weighted by atomic mass is 35.5. The number of anilines is 2. The van der Waals surface area contributed by atoms with Gasteiger partial charge in [0.2, 0.25) is 5.91 Å². The topological polar surface area (TPSA) is 75.3 Å². The molecule has 0 atom stereocenters. The minimum Gasteiger partial charge on any atom is -0.326 e. The molecule has 5 nitrogen and oxygen atoms in total. The van der Waals surface area contributed by atoms with Crippen LogP contribution in [0.4, 0.5) is 11.4 Å². The van der Waals surface area contributed by atoms with E-state index >= 15 is 0 Å². The Bertz CT molecular complexity index is 906. The summed E-state index contributed by atoms with van der Waals surface area (Å²) in [6.45, 7) is 5.37. The van der Waals surface area contributed by atoms with E-state index in [4.69, 9.17) is 23.2 Å². The summed E-state index contributed by atoms with van der Waals surface area (Å²) in [4.78, 5) is 12.0. The number of benzene rings is 2. The summed E-state index contributed by atoms with van der Waals surface area (Å²) >= 11 is 11.7. The van der Waals surface area contributed by atoms with Gasteiger partial charge in [-0.15, -0.1) is 0 Å². The molecular formula is C17H18Cl2N2O3S. The van der Waals surface area contributed by atoms with Gasteiger partial charge in [0, 0.05) is 11.1 Å². The molecule has 0 radical (unpaired) electrons. The summed E-state index contributed by atoms with van der Waals surface area (Å²) in [5, 5.41) is 3.17. The zero-order chi connectivity index (χ0) is 18.8. The molecule has 0 aliphatic rings. The van der Waals surface area contributed by atoms with Crippen molar-refractivity contribution in [3.05, 3.63) is 52.5 Å². The second-order valence-corrected chi connectivity index (χ2v) is 8.96. The van der Waals surface area contributed by atoms with Crippen LogP contribution in [0.15, 0.2) is 47.4 Å². The van der Waals surface area contributed by atoms with Gasteiger partial charge in [0.25, 0.3) is 10.0 Å². The Hall–Kier alpha value is -1.76. The Morgan fingerprint density at radius 2 is 1.60 bits per heavy atom. The van der Waals surface area contributed by atoms with Gasteiger partial charge >= 0.3 is 0 Å². The van der Waals surface area contributed by atoms with Gasteiger partial charge in [-0.05, 0) is 36.4 Å². The minimum absolute atomic E-state index is 0.00831. The molecular weight excluding hydrogens is 383 g/mol. The number of rotatable bonds is 4. The molecule has 0 saturated heterocycles. The summed E-state index contributed by atoms with van der Waals surface area (Å²) in [6, 6.07) is 10.5. The van der Waals surface area contributed by atoms with Crippen molar-refractivity contribution in [2.75, 3.05) is 10.0 Å². The Kier molecular flexibility index (Phi) is 5.66. The molecule has 0 aliphatic heterocycles. The SMILES string of the molecule is CC(C)(C)C(=O)Nc1cccc(NS(=O)(=O)c2ccc(Cl)c(Cl)c2)c1. The van der Waals surface area contributed by atoms with Gasteiger partial charge in [0.1, 0.15) is 0 Å². The zero-order valence-corrected chi connectivity index (χ0v) is 16.3. The third-order valence-electron chi connectivity index (χ3n) is 3.26. The maximum atomic E-state index is 12.5. The number of halogens is 2.